The van der Waals surface area contributed by atoms with Gasteiger partial charge in [-0.05, 0) is 43.9 Å². The van der Waals surface area contributed by atoms with Crippen LogP contribution in [0.1, 0.15) is 37.8 Å². The van der Waals surface area contributed by atoms with Crippen molar-refractivity contribution in [1.29, 1.82) is 0 Å². The van der Waals surface area contributed by atoms with E-state index in [1.807, 2.05) is 19.1 Å². The second-order valence-corrected chi connectivity index (χ2v) is 5.30. The third kappa shape index (κ3) is 2.13. The lowest BCUT2D eigenvalue weighted by atomic mass is 9.81. The molecule has 0 saturated carbocycles. The molecule has 2 heterocycles. The molecule has 4 atom stereocenters. The van der Waals surface area contributed by atoms with Crippen molar-refractivity contribution in [1.82, 2.24) is 0 Å². The van der Waals surface area contributed by atoms with Gasteiger partial charge in [0, 0.05) is 12.0 Å². The third-order valence-electron chi connectivity index (χ3n) is 4.19. The van der Waals surface area contributed by atoms with Crippen molar-refractivity contribution in [2.24, 2.45) is 11.7 Å². The maximum absolute atomic E-state index is 6.39. The van der Waals surface area contributed by atoms with E-state index in [1.165, 1.54) is 18.4 Å². The van der Waals surface area contributed by atoms with Gasteiger partial charge in [-0.1, -0.05) is 12.1 Å². The predicted octanol–water partition coefficient (Wildman–Crippen LogP) is 2.65. The van der Waals surface area contributed by atoms with Gasteiger partial charge in [-0.3, -0.25) is 0 Å². The largest absolute Gasteiger partial charge is 0.494 e. The topological polar surface area (TPSA) is 44.5 Å². The monoisotopic (exact) mass is 247 g/mol. The molecule has 0 spiro atoms. The SMILES string of the molecule is CCOc1ccc(C(N)C2CC3CCC2O3)cc1. The lowest BCUT2D eigenvalue weighted by molar-refractivity contribution is 0.0885. The van der Waals surface area contributed by atoms with Crippen molar-refractivity contribution in [3.05, 3.63) is 29.8 Å². The third-order valence-corrected chi connectivity index (χ3v) is 4.19. The summed E-state index contributed by atoms with van der Waals surface area (Å²) < 4.78 is 11.3. The summed E-state index contributed by atoms with van der Waals surface area (Å²) in [6.45, 7) is 2.69. The van der Waals surface area contributed by atoms with E-state index < -0.39 is 0 Å². The number of ether oxygens (including phenoxy) is 2. The first-order valence-corrected chi connectivity index (χ1v) is 6.91. The number of hydrogen-bond donors (Lipinski definition) is 1. The highest BCUT2D eigenvalue weighted by atomic mass is 16.5. The first-order chi connectivity index (χ1) is 8.78. The molecule has 1 aromatic carbocycles. The Morgan fingerprint density at radius 3 is 2.67 bits per heavy atom. The van der Waals surface area contributed by atoms with Gasteiger partial charge in [-0.15, -0.1) is 0 Å². The van der Waals surface area contributed by atoms with Crippen LogP contribution in [0.15, 0.2) is 24.3 Å². The van der Waals surface area contributed by atoms with Crippen LogP contribution < -0.4 is 10.5 Å². The molecule has 18 heavy (non-hydrogen) atoms. The molecule has 2 fully saturated rings. The number of benzene rings is 1. The first kappa shape index (κ1) is 12.0. The van der Waals surface area contributed by atoms with Gasteiger partial charge in [-0.2, -0.15) is 0 Å². The Balaban J connectivity index is 1.70. The van der Waals surface area contributed by atoms with E-state index in [0.717, 1.165) is 12.2 Å². The Labute approximate surface area is 108 Å². The molecule has 0 amide bonds. The summed E-state index contributed by atoms with van der Waals surface area (Å²) in [6.07, 6.45) is 4.38. The lowest BCUT2D eigenvalue weighted by Gasteiger charge is -2.25. The second-order valence-electron chi connectivity index (χ2n) is 5.30. The van der Waals surface area contributed by atoms with E-state index in [0.29, 0.717) is 24.7 Å². The van der Waals surface area contributed by atoms with Gasteiger partial charge in [0.05, 0.1) is 18.8 Å². The minimum Gasteiger partial charge on any atom is -0.494 e. The molecule has 2 saturated heterocycles. The Morgan fingerprint density at radius 1 is 1.33 bits per heavy atom. The zero-order chi connectivity index (χ0) is 12.5. The fourth-order valence-corrected chi connectivity index (χ4v) is 3.26. The number of nitrogens with two attached hydrogens (primary N) is 1. The van der Waals surface area contributed by atoms with Crippen LogP contribution in [0.5, 0.6) is 5.75 Å². The minimum absolute atomic E-state index is 0.0935. The Hall–Kier alpha value is -1.06. The number of rotatable bonds is 4. The molecule has 3 heteroatoms. The van der Waals surface area contributed by atoms with Crippen LogP contribution in [0.4, 0.5) is 0 Å². The zero-order valence-electron chi connectivity index (χ0n) is 10.8. The second kappa shape index (κ2) is 4.90. The Morgan fingerprint density at radius 2 is 2.11 bits per heavy atom. The molecule has 3 rings (SSSR count). The van der Waals surface area contributed by atoms with Crippen LogP contribution in [0.25, 0.3) is 0 Å². The predicted molar refractivity (Wildman–Crippen MR) is 70.5 cm³/mol. The van der Waals surface area contributed by atoms with Crippen LogP contribution in [0.2, 0.25) is 0 Å². The smallest absolute Gasteiger partial charge is 0.119 e. The maximum Gasteiger partial charge on any atom is 0.119 e. The Kier molecular flexibility index (Phi) is 3.27. The van der Waals surface area contributed by atoms with E-state index in [1.54, 1.807) is 0 Å². The van der Waals surface area contributed by atoms with Gasteiger partial charge >= 0.3 is 0 Å². The summed E-state index contributed by atoms with van der Waals surface area (Å²) in [7, 11) is 0. The standard InChI is InChI=1S/C15H21NO2/c1-2-17-11-5-3-10(4-6-11)15(16)13-9-12-7-8-14(13)18-12/h3-6,12-15H,2,7-9,16H2,1H3. The minimum atomic E-state index is 0.0935. The molecule has 0 radical (unpaired) electrons. The maximum atomic E-state index is 6.39. The highest BCUT2D eigenvalue weighted by Crippen LogP contribution is 2.43. The van der Waals surface area contributed by atoms with Crippen molar-refractivity contribution < 1.29 is 9.47 Å². The van der Waals surface area contributed by atoms with E-state index in [9.17, 15) is 0 Å². The molecule has 0 aliphatic carbocycles. The highest BCUT2D eigenvalue weighted by molar-refractivity contribution is 5.29. The molecule has 2 bridgehead atoms. The van der Waals surface area contributed by atoms with Crippen molar-refractivity contribution in [2.75, 3.05) is 6.61 Å². The van der Waals surface area contributed by atoms with Gasteiger partial charge in [0.15, 0.2) is 0 Å². The van der Waals surface area contributed by atoms with Gasteiger partial charge in [0.25, 0.3) is 0 Å². The zero-order valence-corrected chi connectivity index (χ0v) is 10.8. The molecule has 2 aliphatic heterocycles. The first-order valence-electron chi connectivity index (χ1n) is 6.91. The summed E-state index contributed by atoms with van der Waals surface area (Å²) in [5.74, 6) is 1.40. The van der Waals surface area contributed by atoms with Crippen LogP contribution in [0, 0.1) is 5.92 Å². The molecule has 0 aromatic heterocycles. The van der Waals surface area contributed by atoms with Crippen LogP contribution in [0.3, 0.4) is 0 Å². The summed E-state index contributed by atoms with van der Waals surface area (Å²) in [5.41, 5.74) is 7.58. The van der Waals surface area contributed by atoms with Gasteiger partial charge in [0.1, 0.15) is 5.75 Å². The van der Waals surface area contributed by atoms with E-state index in [2.05, 4.69) is 12.1 Å². The average molecular weight is 247 g/mol. The normalized spacial score (nSPS) is 31.6. The average Bonchev–Trinajstić information content (AvgIpc) is 3.01. The molecular weight excluding hydrogens is 226 g/mol. The van der Waals surface area contributed by atoms with Crippen molar-refractivity contribution in [2.45, 2.75) is 44.4 Å². The van der Waals surface area contributed by atoms with Crippen LogP contribution in [-0.2, 0) is 4.74 Å². The Bertz CT molecular complexity index is 403. The molecule has 4 unspecified atom stereocenters. The summed E-state index contributed by atoms with van der Waals surface area (Å²) in [4.78, 5) is 0. The van der Waals surface area contributed by atoms with Crippen LogP contribution >= 0.6 is 0 Å². The van der Waals surface area contributed by atoms with Crippen molar-refractivity contribution >= 4 is 0 Å². The fourth-order valence-electron chi connectivity index (χ4n) is 3.26. The lowest BCUT2D eigenvalue weighted by Crippen LogP contribution is -2.29. The van der Waals surface area contributed by atoms with Crippen molar-refractivity contribution in [3.63, 3.8) is 0 Å². The fraction of sp³-hybridized carbons (Fsp3) is 0.600. The molecule has 98 valence electrons. The number of hydrogen-bond acceptors (Lipinski definition) is 3. The molecule has 1 aromatic rings. The molecule has 2 aliphatic rings. The number of fused-ring (bicyclic) bond motifs is 2. The highest BCUT2D eigenvalue weighted by Gasteiger charge is 2.43. The van der Waals surface area contributed by atoms with E-state index >= 15 is 0 Å². The molecule has 2 N–H and O–H groups in total. The molecular formula is C15H21NO2. The van der Waals surface area contributed by atoms with Gasteiger partial charge in [-0.25, -0.2) is 0 Å². The van der Waals surface area contributed by atoms with Gasteiger partial charge < -0.3 is 15.2 Å². The van der Waals surface area contributed by atoms with Crippen LogP contribution in [-0.4, -0.2) is 18.8 Å². The molecule has 3 nitrogen and oxygen atoms in total. The summed E-state index contributed by atoms with van der Waals surface area (Å²) in [6, 6.07) is 8.28. The summed E-state index contributed by atoms with van der Waals surface area (Å²) in [5, 5.41) is 0. The quantitative estimate of drug-likeness (QED) is 0.889. The van der Waals surface area contributed by atoms with Crippen molar-refractivity contribution in [3.8, 4) is 5.75 Å². The van der Waals surface area contributed by atoms with E-state index in [-0.39, 0.29) is 6.04 Å². The van der Waals surface area contributed by atoms with Gasteiger partial charge in [0.2, 0.25) is 0 Å². The van der Waals surface area contributed by atoms with E-state index in [4.69, 9.17) is 15.2 Å². The summed E-state index contributed by atoms with van der Waals surface area (Å²) >= 11 is 0.